The standard InChI is InChI=1S/C12H14OS/c1-13-12-7-6-9(8-14)10-4-2-3-5-11(10)12/h2,4,6-7,14H,3,5,8H2,1H3. The lowest BCUT2D eigenvalue weighted by molar-refractivity contribution is 0.409. The van der Waals surface area contributed by atoms with E-state index in [0.717, 1.165) is 24.3 Å². The van der Waals surface area contributed by atoms with Gasteiger partial charge in [0.25, 0.3) is 0 Å². The molecule has 0 bridgehead atoms. The molecule has 0 heterocycles. The molecule has 1 aliphatic rings. The van der Waals surface area contributed by atoms with E-state index in [1.54, 1.807) is 7.11 Å². The Bertz CT molecular complexity index is 369. The van der Waals surface area contributed by atoms with Gasteiger partial charge >= 0.3 is 0 Å². The van der Waals surface area contributed by atoms with E-state index >= 15 is 0 Å². The highest BCUT2D eigenvalue weighted by atomic mass is 32.1. The summed E-state index contributed by atoms with van der Waals surface area (Å²) in [5.41, 5.74) is 3.94. The van der Waals surface area contributed by atoms with Crippen molar-refractivity contribution >= 4 is 18.7 Å². The number of hydrogen-bond acceptors (Lipinski definition) is 2. The molecule has 0 amide bonds. The molecular formula is C12H14OS. The van der Waals surface area contributed by atoms with Crippen LogP contribution in [0.1, 0.15) is 23.1 Å². The third-order valence-electron chi connectivity index (χ3n) is 2.64. The Morgan fingerprint density at radius 2 is 2.29 bits per heavy atom. The number of benzene rings is 1. The van der Waals surface area contributed by atoms with Gasteiger partial charge in [-0.2, -0.15) is 12.6 Å². The Morgan fingerprint density at radius 3 is 3.00 bits per heavy atom. The van der Waals surface area contributed by atoms with Gasteiger partial charge in [0.2, 0.25) is 0 Å². The quantitative estimate of drug-likeness (QED) is 0.732. The lowest BCUT2D eigenvalue weighted by Gasteiger charge is -2.17. The second-order valence-electron chi connectivity index (χ2n) is 3.42. The molecular weight excluding hydrogens is 192 g/mol. The van der Waals surface area contributed by atoms with E-state index in [4.69, 9.17) is 4.74 Å². The number of thiol groups is 1. The Labute approximate surface area is 90.2 Å². The highest BCUT2D eigenvalue weighted by Crippen LogP contribution is 2.31. The van der Waals surface area contributed by atoms with Gasteiger partial charge in [-0.15, -0.1) is 0 Å². The first-order valence-corrected chi connectivity index (χ1v) is 5.46. The molecule has 0 unspecified atom stereocenters. The minimum atomic E-state index is 0.788. The van der Waals surface area contributed by atoms with Crippen molar-refractivity contribution in [1.82, 2.24) is 0 Å². The molecule has 0 atom stereocenters. The van der Waals surface area contributed by atoms with Gasteiger partial charge in [-0.3, -0.25) is 0 Å². The number of fused-ring (bicyclic) bond motifs is 1. The van der Waals surface area contributed by atoms with E-state index in [9.17, 15) is 0 Å². The lowest BCUT2D eigenvalue weighted by atomic mass is 9.93. The van der Waals surface area contributed by atoms with E-state index < -0.39 is 0 Å². The second-order valence-corrected chi connectivity index (χ2v) is 3.73. The fourth-order valence-electron chi connectivity index (χ4n) is 1.92. The molecule has 1 aromatic rings. The summed E-state index contributed by atoms with van der Waals surface area (Å²) in [6, 6.07) is 4.14. The fourth-order valence-corrected chi connectivity index (χ4v) is 2.19. The summed E-state index contributed by atoms with van der Waals surface area (Å²) in [4.78, 5) is 0. The van der Waals surface area contributed by atoms with Gasteiger partial charge in [-0.1, -0.05) is 18.2 Å². The first kappa shape index (κ1) is 9.66. The maximum atomic E-state index is 5.35. The summed E-state index contributed by atoms with van der Waals surface area (Å²) >= 11 is 4.33. The Balaban J connectivity index is 2.58. The molecule has 1 aliphatic carbocycles. The van der Waals surface area contributed by atoms with Crippen molar-refractivity contribution in [3.05, 3.63) is 34.9 Å². The van der Waals surface area contributed by atoms with Gasteiger partial charge in [-0.25, -0.2) is 0 Å². The molecule has 0 radical (unpaired) electrons. The Hall–Kier alpha value is -0.890. The normalized spacial score (nSPS) is 13.9. The summed E-state index contributed by atoms with van der Waals surface area (Å²) < 4.78 is 5.35. The number of rotatable bonds is 2. The van der Waals surface area contributed by atoms with Crippen LogP contribution in [0.2, 0.25) is 0 Å². The van der Waals surface area contributed by atoms with E-state index in [0.29, 0.717) is 0 Å². The highest BCUT2D eigenvalue weighted by molar-refractivity contribution is 7.79. The maximum absolute atomic E-state index is 5.35. The molecule has 0 fully saturated rings. The van der Waals surface area contributed by atoms with Gasteiger partial charge in [0.15, 0.2) is 0 Å². The van der Waals surface area contributed by atoms with Crippen LogP contribution in [0.15, 0.2) is 18.2 Å². The number of hydrogen-bond donors (Lipinski definition) is 1. The molecule has 0 aromatic heterocycles. The Kier molecular flexibility index (Phi) is 2.82. The van der Waals surface area contributed by atoms with E-state index in [1.165, 1.54) is 16.7 Å². The molecule has 0 saturated carbocycles. The molecule has 2 heteroatoms. The van der Waals surface area contributed by atoms with Crippen molar-refractivity contribution < 1.29 is 4.74 Å². The van der Waals surface area contributed by atoms with Gasteiger partial charge < -0.3 is 4.74 Å². The van der Waals surface area contributed by atoms with Crippen LogP contribution in [0.4, 0.5) is 0 Å². The molecule has 0 aliphatic heterocycles. The van der Waals surface area contributed by atoms with Crippen LogP contribution >= 0.6 is 12.6 Å². The van der Waals surface area contributed by atoms with Crippen LogP contribution < -0.4 is 4.74 Å². The molecule has 0 spiro atoms. The minimum Gasteiger partial charge on any atom is -0.496 e. The molecule has 2 rings (SSSR count). The van der Waals surface area contributed by atoms with E-state index in [2.05, 4.69) is 30.8 Å². The fraction of sp³-hybridized carbons (Fsp3) is 0.333. The van der Waals surface area contributed by atoms with Crippen LogP contribution in [0.5, 0.6) is 5.75 Å². The third-order valence-corrected chi connectivity index (χ3v) is 2.98. The van der Waals surface area contributed by atoms with Crippen LogP contribution in [-0.4, -0.2) is 7.11 Å². The molecule has 1 aromatic carbocycles. The number of allylic oxidation sites excluding steroid dienone is 1. The topological polar surface area (TPSA) is 9.23 Å². The Morgan fingerprint density at radius 1 is 1.43 bits per heavy atom. The first-order valence-electron chi connectivity index (χ1n) is 4.83. The van der Waals surface area contributed by atoms with Crippen molar-refractivity contribution in [2.45, 2.75) is 18.6 Å². The number of ether oxygens (including phenoxy) is 1. The summed E-state index contributed by atoms with van der Waals surface area (Å²) in [6.45, 7) is 0. The van der Waals surface area contributed by atoms with Crippen molar-refractivity contribution in [1.29, 1.82) is 0 Å². The molecule has 0 N–H and O–H groups in total. The monoisotopic (exact) mass is 206 g/mol. The summed E-state index contributed by atoms with van der Waals surface area (Å²) in [5, 5.41) is 0. The lowest BCUT2D eigenvalue weighted by Crippen LogP contribution is -2.01. The van der Waals surface area contributed by atoms with Crippen LogP contribution in [0.25, 0.3) is 6.08 Å². The first-order chi connectivity index (χ1) is 6.86. The zero-order valence-corrected chi connectivity index (χ0v) is 9.18. The smallest absolute Gasteiger partial charge is 0.122 e. The summed E-state index contributed by atoms with van der Waals surface area (Å²) in [5.74, 6) is 1.80. The SMILES string of the molecule is COc1ccc(CS)c2c1CCC=C2. The zero-order chi connectivity index (χ0) is 9.97. The third kappa shape index (κ3) is 1.55. The maximum Gasteiger partial charge on any atom is 0.122 e. The molecule has 14 heavy (non-hydrogen) atoms. The molecule has 74 valence electrons. The second kappa shape index (κ2) is 4.09. The summed E-state index contributed by atoms with van der Waals surface area (Å²) in [7, 11) is 1.73. The zero-order valence-electron chi connectivity index (χ0n) is 8.29. The van der Waals surface area contributed by atoms with Crippen LogP contribution in [-0.2, 0) is 12.2 Å². The van der Waals surface area contributed by atoms with Crippen LogP contribution in [0, 0.1) is 0 Å². The van der Waals surface area contributed by atoms with Crippen LogP contribution in [0.3, 0.4) is 0 Å². The predicted octanol–water partition coefficient (Wildman–Crippen LogP) is 3.08. The largest absolute Gasteiger partial charge is 0.496 e. The van der Waals surface area contributed by atoms with E-state index in [1.807, 2.05) is 6.07 Å². The van der Waals surface area contributed by atoms with Crippen molar-refractivity contribution in [2.75, 3.05) is 7.11 Å². The average Bonchev–Trinajstić information content (AvgIpc) is 2.27. The van der Waals surface area contributed by atoms with Gasteiger partial charge in [0.1, 0.15) is 5.75 Å². The predicted molar refractivity (Wildman–Crippen MR) is 63.0 cm³/mol. The van der Waals surface area contributed by atoms with E-state index in [-0.39, 0.29) is 0 Å². The highest BCUT2D eigenvalue weighted by Gasteiger charge is 2.13. The minimum absolute atomic E-state index is 0.788. The van der Waals surface area contributed by atoms with Gasteiger partial charge in [0.05, 0.1) is 7.11 Å². The molecule has 0 saturated heterocycles. The van der Waals surface area contributed by atoms with Crippen molar-refractivity contribution in [2.24, 2.45) is 0 Å². The van der Waals surface area contributed by atoms with Gasteiger partial charge in [0, 0.05) is 11.3 Å². The number of methoxy groups -OCH3 is 1. The molecule has 1 nitrogen and oxygen atoms in total. The average molecular weight is 206 g/mol. The van der Waals surface area contributed by atoms with Gasteiger partial charge in [-0.05, 0) is 30.0 Å². The van der Waals surface area contributed by atoms with Crippen molar-refractivity contribution in [3.63, 3.8) is 0 Å². The summed E-state index contributed by atoms with van der Waals surface area (Å²) in [6.07, 6.45) is 6.59. The van der Waals surface area contributed by atoms with Crippen molar-refractivity contribution in [3.8, 4) is 5.75 Å².